The first kappa shape index (κ1) is 17.4. The second-order valence-electron chi connectivity index (χ2n) is 5.33. The van der Waals surface area contributed by atoms with Crippen LogP contribution in [0.25, 0.3) is 0 Å². The molecular formula is C17H15FN4O4. The fourth-order valence-corrected chi connectivity index (χ4v) is 2.15. The van der Waals surface area contributed by atoms with E-state index < -0.39 is 18.1 Å². The lowest BCUT2D eigenvalue weighted by molar-refractivity contribution is 0.192. The monoisotopic (exact) mass is 358 g/mol. The highest BCUT2D eigenvalue weighted by molar-refractivity contribution is 5.85. The summed E-state index contributed by atoms with van der Waals surface area (Å²) in [5.74, 6) is 0.341. The van der Waals surface area contributed by atoms with Crippen molar-refractivity contribution >= 4 is 29.5 Å². The Morgan fingerprint density at radius 2 is 2.23 bits per heavy atom. The zero-order chi connectivity index (χ0) is 18.7. The Hall–Kier alpha value is -3.46. The number of nitrogens with zero attached hydrogens (tertiary/aromatic N) is 2. The number of hydrogen-bond acceptors (Lipinski definition) is 7. The molecule has 1 aromatic heterocycles. The molecule has 3 rings (SSSR count). The zero-order valence-corrected chi connectivity index (χ0v) is 13.7. The number of benzene rings is 1. The van der Waals surface area contributed by atoms with Crippen molar-refractivity contribution < 1.29 is 23.8 Å². The van der Waals surface area contributed by atoms with E-state index in [9.17, 15) is 14.3 Å². The molecule has 1 atom stereocenters. The molecule has 134 valence electrons. The van der Waals surface area contributed by atoms with E-state index in [1.165, 1.54) is 31.5 Å². The van der Waals surface area contributed by atoms with Gasteiger partial charge in [-0.3, -0.25) is 5.32 Å². The standard InChI is InChI=1S/C17H15FN4O4/c1-9(2)25-17(24)21-12-4-3-10(7-11(12)18)26-13-5-6-19-16-15(13)20-8-14(23)22-16/h3-8,14,23H,1H2,2H3,(H,19,22)(H,21,24). The molecule has 9 heteroatoms. The van der Waals surface area contributed by atoms with E-state index in [0.29, 0.717) is 17.3 Å². The minimum absolute atomic E-state index is 0.0665. The van der Waals surface area contributed by atoms with Crippen LogP contribution in [0.5, 0.6) is 11.5 Å². The molecule has 3 N–H and O–H groups in total. The number of hydrogen-bond donors (Lipinski definition) is 3. The van der Waals surface area contributed by atoms with Crippen LogP contribution in [0.15, 0.2) is 47.8 Å². The number of carbonyl (C=O) groups excluding carboxylic acids is 1. The fraction of sp³-hybridized carbons (Fsp3) is 0.118. The molecule has 0 aliphatic carbocycles. The number of ether oxygens (including phenoxy) is 2. The average Bonchev–Trinajstić information content (AvgIpc) is 2.56. The van der Waals surface area contributed by atoms with E-state index in [1.807, 2.05) is 0 Å². The quantitative estimate of drug-likeness (QED) is 0.722. The van der Waals surface area contributed by atoms with Gasteiger partial charge in [-0.2, -0.15) is 0 Å². The lowest BCUT2D eigenvalue weighted by Crippen LogP contribution is -2.23. The normalized spacial score (nSPS) is 14.8. The van der Waals surface area contributed by atoms with Gasteiger partial charge in [0.1, 0.15) is 11.4 Å². The third kappa shape index (κ3) is 3.95. The highest BCUT2D eigenvalue weighted by Crippen LogP contribution is 2.38. The van der Waals surface area contributed by atoms with Crippen LogP contribution < -0.4 is 15.4 Å². The number of allylic oxidation sites excluding steroid dienone is 1. The third-order valence-electron chi connectivity index (χ3n) is 3.19. The van der Waals surface area contributed by atoms with E-state index in [4.69, 9.17) is 9.47 Å². The van der Waals surface area contributed by atoms with Gasteiger partial charge in [0.25, 0.3) is 0 Å². The van der Waals surface area contributed by atoms with E-state index in [-0.39, 0.29) is 17.2 Å². The van der Waals surface area contributed by atoms with Gasteiger partial charge in [-0.1, -0.05) is 6.58 Å². The number of amides is 1. The number of carbonyl (C=O) groups is 1. The summed E-state index contributed by atoms with van der Waals surface area (Å²) in [4.78, 5) is 19.6. The first-order valence-corrected chi connectivity index (χ1v) is 7.52. The number of nitrogens with one attached hydrogen (secondary N) is 2. The van der Waals surface area contributed by atoms with Crippen molar-refractivity contribution in [3.8, 4) is 11.5 Å². The number of pyridine rings is 1. The Labute approximate surface area is 148 Å². The number of aliphatic hydroxyl groups is 1. The summed E-state index contributed by atoms with van der Waals surface area (Å²) in [6.45, 7) is 4.92. The highest BCUT2D eigenvalue weighted by Gasteiger charge is 2.18. The maximum absolute atomic E-state index is 14.2. The van der Waals surface area contributed by atoms with Crippen LogP contribution in [0.1, 0.15) is 6.92 Å². The van der Waals surface area contributed by atoms with Gasteiger partial charge in [0.2, 0.25) is 0 Å². The van der Waals surface area contributed by atoms with Crippen LogP contribution in [0.2, 0.25) is 0 Å². The van der Waals surface area contributed by atoms with Crippen molar-refractivity contribution in [2.24, 2.45) is 4.99 Å². The summed E-state index contributed by atoms with van der Waals surface area (Å²) in [5, 5.41) is 14.5. The minimum atomic E-state index is -0.938. The second-order valence-corrected chi connectivity index (χ2v) is 5.33. The summed E-state index contributed by atoms with van der Waals surface area (Å²) in [6, 6.07) is 5.48. The molecule has 2 heterocycles. The highest BCUT2D eigenvalue weighted by atomic mass is 19.1. The van der Waals surface area contributed by atoms with E-state index in [1.54, 1.807) is 6.07 Å². The Morgan fingerprint density at radius 1 is 1.42 bits per heavy atom. The Morgan fingerprint density at radius 3 is 2.96 bits per heavy atom. The van der Waals surface area contributed by atoms with E-state index >= 15 is 0 Å². The summed E-state index contributed by atoms with van der Waals surface area (Å²) >= 11 is 0. The summed E-state index contributed by atoms with van der Waals surface area (Å²) in [6.07, 6.45) is 0.978. The van der Waals surface area contributed by atoms with E-state index in [2.05, 4.69) is 27.2 Å². The van der Waals surface area contributed by atoms with Crippen molar-refractivity contribution in [1.82, 2.24) is 4.98 Å². The smallest absolute Gasteiger partial charge is 0.416 e. The van der Waals surface area contributed by atoms with Gasteiger partial charge in [-0.15, -0.1) is 0 Å². The maximum atomic E-state index is 14.2. The molecule has 1 amide bonds. The molecule has 0 saturated carbocycles. The SMILES string of the molecule is C=C(C)OC(=O)Nc1ccc(Oc2ccnc3c2N=CC(O)N3)cc1F. The first-order chi connectivity index (χ1) is 12.4. The van der Waals surface area contributed by atoms with Gasteiger partial charge in [0.15, 0.2) is 23.6 Å². The molecule has 1 aromatic carbocycles. The topological polar surface area (TPSA) is 105 Å². The van der Waals surface area contributed by atoms with Gasteiger partial charge in [0.05, 0.1) is 17.7 Å². The molecule has 0 radical (unpaired) electrons. The molecule has 0 bridgehead atoms. The zero-order valence-electron chi connectivity index (χ0n) is 13.7. The van der Waals surface area contributed by atoms with Crippen molar-refractivity contribution in [3.05, 3.63) is 48.6 Å². The van der Waals surface area contributed by atoms with Crippen LogP contribution >= 0.6 is 0 Å². The van der Waals surface area contributed by atoms with Crippen LogP contribution in [0.3, 0.4) is 0 Å². The lowest BCUT2D eigenvalue weighted by Gasteiger charge is -2.18. The molecule has 1 unspecified atom stereocenters. The molecule has 8 nitrogen and oxygen atoms in total. The van der Waals surface area contributed by atoms with Crippen LogP contribution in [0, 0.1) is 5.82 Å². The molecule has 26 heavy (non-hydrogen) atoms. The summed E-state index contributed by atoms with van der Waals surface area (Å²) in [7, 11) is 0. The predicted octanol–water partition coefficient (Wildman–Crippen LogP) is 3.54. The van der Waals surface area contributed by atoms with Crippen molar-refractivity contribution in [3.63, 3.8) is 0 Å². The number of halogens is 1. The third-order valence-corrected chi connectivity index (χ3v) is 3.19. The maximum Gasteiger partial charge on any atom is 0.416 e. The van der Waals surface area contributed by atoms with Crippen LogP contribution in [-0.4, -0.2) is 28.6 Å². The van der Waals surface area contributed by atoms with Gasteiger partial charge in [-0.05, 0) is 19.1 Å². The van der Waals surface area contributed by atoms with Crippen molar-refractivity contribution in [1.29, 1.82) is 0 Å². The number of aliphatic imine (C=N–C) groups is 1. The average molecular weight is 358 g/mol. The fourth-order valence-electron chi connectivity index (χ4n) is 2.15. The van der Waals surface area contributed by atoms with Crippen molar-refractivity contribution in [2.45, 2.75) is 13.2 Å². The number of aliphatic hydroxyl groups excluding tert-OH is 1. The number of aromatic nitrogens is 1. The molecule has 0 spiro atoms. The van der Waals surface area contributed by atoms with Gasteiger partial charge in [0, 0.05) is 18.3 Å². The molecule has 0 fully saturated rings. The Bertz CT molecular complexity index is 900. The Balaban J connectivity index is 1.77. The van der Waals surface area contributed by atoms with Gasteiger partial charge in [-0.25, -0.2) is 19.2 Å². The molecule has 0 saturated heterocycles. The first-order valence-electron chi connectivity index (χ1n) is 7.52. The molecular weight excluding hydrogens is 343 g/mol. The second kappa shape index (κ2) is 7.19. The van der Waals surface area contributed by atoms with Gasteiger partial charge >= 0.3 is 6.09 Å². The molecule has 2 aromatic rings. The van der Waals surface area contributed by atoms with E-state index in [0.717, 1.165) is 6.07 Å². The van der Waals surface area contributed by atoms with Crippen LogP contribution in [0.4, 0.5) is 26.4 Å². The van der Waals surface area contributed by atoms with Crippen LogP contribution in [-0.2, 0) is 4.74 Å². The molecule has 1 aliphatic heterocycles. The number of anilines is 2. The Kier molecular flexibility index (Phi) is 4.81. The largest absolute Gasteiger partial charge is 0.455 e. The summed E-state index contributed by atoms with van der Waals surface area (Å²) in [5.41, 5.74) is 0.314. The number of fused-ring (bicyclic) bond motifs is 1. The van der Waals surface area contributed by atoms with Gasteiger partial charge < -0.3 is 19.9 Å². The number of rotatable bonds is 4. The summed E-state index contributed by atoms with van der Waals surface area (Å²) < 4.78 is 24.5. The lowest BCUT2D eigenvalue weighted by atomic mass is 10.2. The minimum Gasteiger partial charge on any atom is -0.455 e. The van der Waals surface area contributed by atoms with Crippen molar-refractivity contribution in [2.75, 3.05) is 10.6 Å². The predicted molar refractivity (Wildman–Crippen MR) is 93.4 cm³/mol. The molecule has 1 aliphatic rings.